The van der Waals surface area contributed by atoms with Gasteiger partial charge in [-0.25, -0.2) is 0 Å². The number of methoxy groups -OCH3 is 1. The lowest BCUT2D eigenvalue weighted by Crippen LogP contribution is -2.42. The summed E-state index contributed by atoms with van der Waals surface area (Å²) in [4.78, 5) is 13.4. The summed E-state index contributed by atoms with van der Waals surface area (Å²) in [5, 5.41) is 4.15. The first kappa shape index (κ1) is 21.9. The van der Waals surface area contributed by atoms with Crippen LogP contribution in [0.3, 0.4) is 0 Å². The number of amides is 1. The maximum atomic E-state index is 13.4. The van der Waals surface area contributed by atoms with E-state index in [0.29, 0.717) is 28.1 Å². The molecule has 2 aromatic rings. The van der Waals surface area contributed by atoms with Crippen LogP contribution in [-0.2, 0) is 14.9 Å². The van der Waals surface area contributed by atoms with Crippen LogP contribution in [0.5, 0.6) is 5.75 Å². The zero-order chi connectivity index (χ0) is 20.9. The highest BCUT2D eigenvalue weighted by molar-refractivity contribution is 6.32. The molecule has 0 radical (unpaired) electrons. The minimum absolute atomic E-state index is 0.0391. The first-order valence-electron chi connectivity index (χ1n) is 9.98. The first-order chi connectivity index (χ1) is 14.0. The number of benzene rings is 2. The van der Waals surface area contributed by atoms with Gasteiger partial charge < -0.3 is 14.8 Å². The van der Waals surface area contributed by atoms with Crippen molar-refractivity contribution in [3.63, 3.8) is 0 Å². The van der Waals surface area contributed by atoms with Crippen LogP contribution in [0.2, 0.25) is 10.0 Å². The van der Waals surface area contributed by atoms with Gasteiger partial charge in [0.1, 0.15) is 11.9 Å². The smallest absolute Gasteiger partial charge is 0.235 e. The number of rotatable bonds is 7. The monoisotopic (exact) mass is 435 g/mol. The number of anilines is 1. The van der Waals surface area contributed by atoms with E-state index in [9.17, 15) is 4.79 Å². The van der Waals surface area contributed by atoms with Crippen LogP contribution in [0.25, 0.3) is 0 Å². The summed E-state index contributed by atoms with van der Waals surface area (Å²) >= 11 is 12.9. The van der Waals surface area contributed by atoms with Crippen LogP contribution >= 0.6 is 23.2 Å². The second-order valence-corrected chi connectivity index (χ2v) is 8.42. The van der Waals surface area contributed by atoms with Crippen LogP contribution in [0.15, 0.2) is 42.5 Å². The predicted octanol–water partition coefficient (Wildman–Crippen LogP) is 6.25. The molecule has 0 spiro atoms. The van der Waals surface area contributed by atoms with E-state index in [0.717, 1.165) is 37.7 Å². The quantitative estimate of drug-likeness (QED) is 0.558. The van der Waals surface area contributed by atoms with Crippen molar-refractivity contribution in [3.05, 3.63) is 58.1 Å². The molecule has 0 aliphatic heterocycles. The lowest BCUT2D eigenvalue weighted by atomic mass is 9.68. The van der Waals surface area contributed by atoms with Crippen molar-refractivity contribution < 1.29 is 14.3 Å². The van der Waals surface area contributed by atoms with E-state index in [-0.39, 0.29) is 12.0 Å². The van der Waals surface area contributed by atoms with E-state index < -0.39 is 5.41 Å². The number of hydrogen-bond acceptors (Lipinski definition) is 3. The molecule has 0 unspecified atom stereocenters. The van der Waals surface area contributed by atoms with E-state index in [1.54, 1.807) is 19.2 Å². The lowest BCUT2D eigenvalue weighted by Gasteiger charge is -2.37. The molecule has 0 aromatic heterocycles. The van der Waals surface area contributed by atoms with Crippen molar-refractivity contribution >= 4 is 34.8 Å². The van der Waals surface area contributed by atoms with Crippen molar-refractivity contribution in [2.75, 3.05) is 19.0 Å². The second kappa shape index (κ2) is 9.84. The molecule has 1 saturated carbocycles. The highest BCUT2D eigenvalue weighted by Gasteiger charge is 2.42. The fourth-order valence-electron chi connectivity index (χ4n) is 4.03. The Kier molecular flexibility index (Phi) is 7.44. The molecule has 6 heteroatoms. The molecule has 1 aliphatic carbocycles. The van der Waals surface area contributed by atoms with Gasteiger partial charge in [0.15, 0.2) is 0 Å². The number of carbonyl (C=O) groups is 1. The van der Waals surface area contributed by atoms with Crippen molar-refractivity contribution in [1.82, 2.24) is 0 Å². The SMILES string of the molecule is COC[C@@H](C)Oc1ccc(NC(=O)C2(c3ccccc3Cl)CCCCC2)cc1Cl. The molecule has 0 heterocycles. The molecule has 1 amide bonds. The molecule has 3 rings (SSSR count). The van der Waals surface area contributed by atoms with Crippen LogP contribution in [0.4, 0.5) is 5.69 Å². The third-order valence-electron chi connectivity index (χ3n) is 5.45. The highest BCUT2D eigenvalue weighted by Crippen LogP contribution is 2.43. The van der Waals surface area contributed by atoms with Crippen LogP contribution < -0.4 is 10.1 Å². The molecule has 4 nitrogen and oxygen atoms in total. The minimum Gasteiger partial charge on any atom is -0.487 e. The van der Waals surface area contributed by atoms with Gasteiger partial charge in [-0.1, -0.05) is 60.7 Å². The Morgan fingerprint density at radius 3 is 2.48 bits per heavy atom. The Balaban J connectivity index is 1.82. The average Bonchev–Trinajstić information content (AvgIpc) is 2.71. The van der Waals surface area contributed by atoms with Gasteiger partial charge in [0, 0.05) is 17.8 Å². The summed E-state index contributed by atoms with van der Waals surface area (Å²) in [6.07, 6.45) is 4.59. The topological polar surface area (TPSA) is 47.6 Å². The Labute approximate surface area is 182 Å². The van der Waals surface area contributed by atoms with Crippen molar-refractivity contribution in [2.45, 2.75) is 50.5 Å². The number of halogens is 2. The van der Waals surface area contributed by atoms with Crippen LogP contribution in [0, 0.1) is 0 Å². The summed E-state index contributed by atoms with van der Waals surface area (Å²) in [6.45, 7) is 2.38. The Bertz CT molecular complexity index is 850. The lowest BCUT2D eigenvalue weighted by molar-refractivity contribution is -0.122. The molecule has 2 aromatic carbocycles. The normalized spacial score (nSPS) is 16.8. The third-order valence-corrected chi connectivity index (χ3v) is 6.08. The molecule has 29 heavy (non-hydrogen) atoms. The van der Waals surface area contributed by atoms with Gasteiger partial charge in [0.25, 0.3) is 0 Å². The van der Waals surface area contributed by atoms with Gasteiger partial charge in [0.05, 0.1) is 17.0 Å². The number of ether oxygens (including phenoxy) is 2. The third kappa shape index (κ3) is 5.06. The standard InChI is InChI=1S/C23H27Cl2NO3/c1-16(15-28-2)29-21-11-10-17(14-20(21)25)26-22(27)23(12-6-3-7-13-23)18-8-4-5-9-19(18)24/h4-5,8-11,14,16H,3,6-7,12-13,15H2,1-2H3,(H,26,27)/t16-/m1/s1. The average molecular weight is 436 g/mol. The zero-order valence-corrected chi connectivity index (χ0v) is 18.4. The molecule has 0 saturated heterocycles. The van der Waals surface area contributed by atoms with Gasteiger partial charge in [-0.15, -0.1) is 0 Å². The molecule has 0 bridgehead atoms. The molecular formula is C23H27Cl2NO3. The van der Waals surface area contributed by atoms with Crippen molar-refractivity contribution in [3.8, 4) is 5.75 Å². The molecule has 1 fully saturated rings. The van der Waals surface area contributed by atoms with E-state index in [2.05, 4.69) is 5.32 Å². The number of carbonyl (C=O) groups excluding carboxylic acids is 1. The van der Waals surface area contributed by atoms with Crippen molar-refractivity contribution in [1.29, 1.82) is 0 Å². The largest absolute Gasteiger partial charge is 0.487 e. The summed E-state index contributed by atoms with van der Waals surface area (Å²) in [5.74, 6) is 0.524. The highest BCUT2D eigenvalue weighted by atomic mass is 35.5. The Morgan fingerprint density at radius 1 is 1.10 bits per heavy atom. The summed E-state index contributed by atoms with van der Waals surface area (Å²) in [7, 11) is 1.63. The van der Waals surface area contributed by atoms with Crippen molar-refractivity contribution in [2.24, 2.45) is 0 Å². The summed E-state index contributed by atoms with van der Waals surface area (Å²) in [5.41, 5.74) is 0.924. The molecule has 1 N–H and O–H groups in total. The van der Waals surface area contributed by atoms with Gasteiger partial charge in [-0.3, -0.25) is 4.79 Å². The summed E-state index contributed by atoms with van der Waals surface area (Å²) in [6, 6.07) is 12.9. The maximum Gasteiger partial charge on any atom is 0.235 e. The zero-order valence-electron chi connectivity index (χ0n) is 16.8. The van der Waals surface area contributed by atoms with Gasteiger partial charge in [0.2, 0.25) is 5.91 Å². The van der Waals surface area contributed by atoms with Gasteiger partial charge >= 0.3 is 0 Å². The number of nitrogens with one attached hydrogen (secondary N) is 1. The molecule has 1 atom stereocenters. The van der Waals surface area contributed by atoms with Crippen LogP contribution in [0.1, 0.15) is 44.6 Å². The predicted molar refractivity (Wildman–Crippen MR) is 118 cm³/mol. The molecule has 156 valence electrons. The maximum absolute atomic E-state index is 13.4. The van der Waals surface area contributed by atoms with E-state index in [4.69, 9.17) is 32.7 Å². The summed E-state index contributed by atoms with van der Waals surface area (Å²) < 4.78 is 10.9. The Morgan fingerprint density at radius 2 is 1.83 bits per heavy atom. The molecular weight excluding hydrogens is 409 g/mol. The number of hydrogen-bond donors (Lipinski definition) is 1. The second-order valence-electron chi connectivity index (χ2n) is 7.61. The van der Waals surface area contributed by atoms with Crippen LogP contribution in [-0.4, -0.2) is 25.7 Å². The Hall–Kier alpha value is -1.75. The first-order valence-corrected chi connectivity index (χ1v) is 10.7. The molecule has 1 aliphatic rings. The van der Waals surface area contributed by atoms with Gasteiger partial charge in [-0.05, 0) is 49.6 Å². The van der Waals surface area contributed by atoms with Gasteiger partial charge in [-0.2, -0.15) is 0 Å². The van der Waals surface area contributed by atoms with E-state index in [1.165, 1.54) is 0 Å². The van der Waals surface area contributed by atoms with E-state index >= 15 is 0 Å². The van der Waals surface area contributed by atoms with E-state index in [1.807, 2.05) is 37.3 Å². The fraction of sp³-hybridized carbons (Fsp3) is 0.435. The fourth-order valence-corrected chi connectivity index (χ4v) is 4.58. The minimum atomic E-state index is -0.620.